The number of alkyl halides is 1. The molecule has 2 aromatic rings. The molecule has 0 spiro atoms. The van der Waals surface area contributed by atoms with Crippen LogP contribution in [-0.2, 0) is 5.88 Å². The van der Waals surface area contributed by atoms with E-state index in [1.165, 1.54) is 11.5 Å². The molecule has 0 N–H and O–H groups in total. The van der Waals surface area contributed by atoms with Crippen molar-refractivity contribution < 1.29 is 0 Å². The van der Waals surface area contributed by atoms with Gasteiger partial charge in [0.15, 0.2) is 0 Å². The van der Waals surface area contributed by atoms with E-state index >= 15 is 0 Å². The van der Waals surface area contributed by atoms with E-state index in [4.69, 9.17) is 11.6 Å². The van der Waals surface area contributed by atoms with E-state index in [2.05, 4.69) is 9.59 Å². The van der Waals surface area contributed by atoms with Gasteiger partial charge < -0.3 is 0 Å². The molecule has 2 rings (SSSR count). The second-order valence-electron chi connectivity index (χ2n) is 2.54. The summed E-state index contributed by atoms with van der Waals surface area (Å²) in [5.74, 6) is 0.474. The van der Waals surface area contributed by atoms with E-state index in [-0.39, 0.29) is 0 Å². The van der Waals surface area contributed by atoms with Crippen molar-refractivity contribution >= 4 is 23.1 Å². The Kier molecular flexibility index (Phi) is 2.57. The zero-order valence-corrected chi connectivity index (χ0v) is 8.35. The molecular weight excluding hydrogens is 204 g/mol. The first-order valence-electron chi connectivity index (χ1n) is 3.84. The van der Waals surface area contributed by atoms with Gasteiger partial charge in [-0.15, -0.1) is 16.7 Å². The first-order chi connectivity index (χ1) is 6.42. The topological polar surface area (TPSA) is 25.8 Å². The van der Waals surface area contributed by atoms with Crippen molar-refractivity contribution in [3.63, 3.8) is 0 Å². The van der Waals surface area contributed by atoms with Gasteiger partial charge in [-0.05, 0) is 11.5 Å². The van der Waals surface area contributed by atoms with Crippen LogP contribution in [0.15, 0.2) is 30.3 Å². The summed E-state index contributed by atoms with van der Waals surface area (Å²) in [7, 11) is 0. The molecule has 1 heterocycles. The Morgan fingerprint density at radius 2 is 2.00 bits per heavy atom. The highest BCUT2D eigenvalue weighted by Crippen LogP contribution is 2.24. The molecule has 1 aromatic heterocycles. The van der Waals surface area contributed by atoms with Gasteiger partial charge in [-0.1, -0.05) is 34.8 Å². The predicted octanol–water partition coefficient (Wildman–Crippen LogP) is 2.94. The van der Waals surface area contributed by atoms with Gasteiger partial charge in [0, 0.05) is 5.56 Å². The molecule has 0 fully saturated rings. The van der Waals surface area contributed by atoms with Crippen molar-refractivity contribution in [3.8, 4) is 11.3 Å². The monoisotopic (exact) mass is 210 g/mol. The Balaban J connectivity index is 2.47. The summed E-state index contributed by atoms with van der Waals surface area (Å²) < 4.78 is 3.88. The minimum atomic E-state index is 0.474. The average Bonchev–Trinajstić information content (AvgIpc) is 2.67. The third-order valence-electron chi connectivity index (χ3n) is 1.72. The highest BCUT2D eigenvalue weighted by atomic mass is 35.5. The molecule has 0 aliphatic rings. The van der Waals surface area contributed by atoms with Crippen molar-refractivity contribution in [3.05, 3.63) is 35.2 Å². The molecule has 1 aromatic carbocycles. The van der Waals surface area contributed by atoms with Gasteiger partial charge >= 0.3 is 0 Å². The Bertz CT molecular complexity index is 386. The van der Waals surface area contributed by atoms with Crippen LogP contribution < -0.4 is 0 Å². The Morgan fingerprint density at radius 3 is 2.69 bits per heavy atom. The van der Waals surface area contributed by atoms with E-state index in [1.807, 2.05) is 30.3 Å². The smallest absolute Gasteiger partial charge is 0.110 e. The third-order valence-corrected chi connectivity index (χ3v) is 2.87. The lowest BCUT2D eigenvalue weighted by atomic mass is 10.1. The first-order valence-corrected chi connectivity index (χ1v) is 5.15. The summed E-state index contributed by atoms with van der Waals surface area (Å²) in [5.41, 5.74) is 1.98. The van der Waals surface area contributed by atoms with Gasteiger partial charge in [-0.25, -0.2) is 0 Å². The molecule has 0 aliphatic heterocycles. The number of halogens is 1. The van der Waals surface area contributed by atoms with Crippen molar-refractivity contribution in [1.82, 2.24) is 9.59 Å². The van der Waals surface area contributed by atoms with Crippen molar-refractivity contribution in [2.24, 2.45) is 0 Å². The summed E-state index contributed by atoms with van der Waals surface area (Å²) in [6.07, 6.45) is 0. The Morgan fingerprint density at radius 1 is 1.23 bits per heavy atom. The van der Waals surface area contributed by atoms with Crippen LogP contribution in [0.1, 0.15) is 4.88 Å². The first kappa shape index (κ1) is 8.66. The van der Waals surface area contributed by atoms with Crippen LogP contribution in [0.5, 0.6) is 0 Å². The highest BCUT2D eigenvalue weighted by Gasteiger charge is 2.07. The van der Waals surface area contributed by atoms with E-state index in [9.17, 15) is 0 Å². The third kappa shape index (κ3) is 1.71. The molecule has 0 amide bonds. The minimum Gasteiger partial charge on any atom is -0.138 e. The number of aromatic nitrogens is 2. The molecule has 0 aliphatic carbocycles. The summed E-state index contributed by atoms with van der Waals surface area (Å²) >= 11 is 7.11. The summed E-state index contributed by atoms with van der Waals surface area (Å²) in [5, 5.41) is 4.04. The molecule has 4 heteroatoms. The van der Waals surface area contributed by atoms with Gasteiger partial charge in [0.1, 0.15) is 5.69 Å². The maximum atomic E-state index is 5.75. The fourth-order valence-electron chi connectivity index (χ4n) is 1.11. The molecular formula is C9H7ClN2S. The molecule has 2 nitrogen and oxygen atoms in total. The van der Waals surface area contributed by atoms with E-state index < -0.39 is 0 Å². The second kappa shape index (κ2) is 3.85. The zero-order valence-electron chi connectivity index (χ0n) is 6.77. The van der Waals surface area contributed by atoms with Gasteiger partial charge in [-0.2, -0.15) is 0 Å². The SMILES string of the molecule is ClCc1snnc1-c1ccccc1. The number of nitrogens with zero attached hydrogens (tertiary/aromatic N) is 2. The Hall–Kier alpha value is -0.930. The molecule has 0 unspecified atom stereocenters. The van der Waals surface area contributed by atoms with Crippen LogP contribution in [0.3, 0.4) is 0 Å². The van der Waals surface area contributed by atoms with E-state index in [0.29, 0.717) is 5.88 Å². The molecule has 0 saturated carbocycles. The summed E-state index contributed by atoms with van der Waals surface area (Å²) in [4.78, 5) is 1.02. The minimum absolute atomic E-state index is 0.474. The van der Waals surface area contributed by atoms with Crippen molar-refractivity contribution in [2.45, 2.75) is 5.88 Å². The lowest BCUT2D eigenvalue weighted by molar-refractivity contribution is 1.15. The van der Waals surface area contributed by atoms with Crippen LogP contribution in [0.4, 0.5) is 0 Å². The average molecular weight is 211 g/mol. The van der Waals surface area contributed by atoms with Crippen molar-refractivity contribution in [1.29, 1.82) is 0 Å². The van der Waals surface area contributed by atoms with Crippen LogP contribution in [0, 0.1) is 0 Å². The van der Waals surface area contributed by atoms with Gasteiger partial charge in [-0.3, -0.25) is 0 Å². The second-order valence-corrected chi connectivity index (χ2v) is 3.65. The van der Waals surface area contributed by atoms with Crippen LogP contribution in [0.25, 0.3) is 11.3 Å². The summed E-state index contributed by atoms with van der Waals surface area (Å²) in [6, 6.07) is 9.95. The number of hydrogen-bond acceptors (Lipinski definition) is 3. The fraction of sp³-hybridized carbons (Fsp3) is 0.111. The van der Waals surface area contributed by atoms with Crippen LogP contribution in [0.2, 0.25) is 0 Å². The van der Waals surface area contributed by atoms with Gasteiger partial charge in [0.25, 0.3) is 0 Å². The molecule has 0 bridgehead atoms. The molecule has 0 radical (unpaired) electrons. The molecule has 66 valence electrons. The van der Waals surface area contributed by atoms with Gasteiger partial charge in [0.2, 0.25) is 0 Å². The van der Waals surface area contributed by atoms with Crippen LogP contribution >= 0.6 is 23.1 Å². The lowest BCUT2D eigenvalue weighted by Crippen LogP contribution is -1.81. The maximum Gasteiger partial charge on any atom is 0.110 e. The van der Waals surface area contributed by atoms with E-state index in [0.717, 1.165) is 16.1 Å². The number of hydrogen-bond donors (Lipinski definition) is 0. The Labute approximate surface area is 85.3 Å². The predicted molar refractivity (Wildman–Crippen MR) is 54.9 cm³/mol. The lowest BCUT2D eigenvalue weighted by Gasteiger charge is -1.96. The van der Waals surface area contributed by atoms with Gasteiger partial charge in [0.05, 0.1) is 10.8 Å². The zero-order chi connectivity index (χ0) is 9.10. The highest BCUT2D eigenvalue weighted by molar-refractivity contribution is 7.06. The van der Waals surface area contributed by atoms with Crippen molar-refractivity contribution in [2.75, 3.05) is 0 Å². The number of benzene rings is 1. The molecule has 0 saturated heterocycles. The fourth-order valence-corrected chi connectivity index (χ4v) is 1.90. The normalized spacial score (nSPS) is 10.2. The number of rotatable bonds is 2. The molecule has 13 heavy (non-hydrogen) atoms. The standard InChI is InChI=1S/C9H7ClN2S/c10-6-8-9(11-12-13-8)7-4-2-1-3-5-7/h1-5H,6H2. The summed E-state index contributed by atoms with van der Waals surface area (Å²) in [6.45, 7) is 0. The largest absolute Gasteiger partial charge is 0.138 e. The van der Waals surface area contributed by atoms with E-state index in [1.54, 1.807) is 0 Å². The van der Waals surface area contributed by atoms with Crippen LogP contribution in [-0.4, -0.2) is 9.59 Å². The quantitative estimate of drug-likeness (QED) is 0.713. The molecule has 0 atom stereocenters. The maximum absolute atomic E-state index is 5.75.